The van der Waals surface area contributed by atoms with Gasteiger partial charge in [-0.25, -0.2) is 4.79 Å². The Morgan fingerprint density at radius 1 is 0.929 bits per heavy atom. The van der Waals surface area contributed by atoms with Crippen LogP contribution in [0.5, 0.6) is 0 Å². The van der Waals surface area contributed by atoms with Crippen molar-refractivity contribution in [2.75, 3.05) is 6.61 Å². The fourth-order valence-corrected chi connectivity index (χ4v) is 4.39. The predicted molar refractivity (Wildman–Crippen MR) is 151 cm³/mol. The van der Waals surface area contributed by atoms with Crippen LogP contribution in [0.15, 0.2) is 38.6 Å². The molecule has 2 heterocycles. The van der Waals surface area contributed by atoms with E-state index in [1.165, 1.54) is 6.92 Å². The number of hydrazone groups is 1. The topological polar surface area (TPSA) is 181 Å². The highest BCUT2D eigenvalue weighted by Crippen LogP contribution is 2.28. The van der Waals surface area contributed by atoms with E-state index in [-0.39, 0.29) is 16.4 Å². The average Bonchev–Trinajstić information content (AvgIpc) is 2.88. The molecule has 3 rings (SSSR count). The van der Waals surface area contributed by atoms with E-state index in [4.69, 9.17) is 51.9 Å². The molecule has 2 N–H and O–H groups in total. The number of thiocarbonyl (C=S) groups is 1. The third-order valence-corrected chi connectivity index (χ3v) is 6.12. The fourth-order valence-electron chi connectivity index (χ4n) is 4.05. The van der Waals surface area contributed by atoms with Gasteiger partial charge in [0.1, 0.15) is 18.3 Å². The van der Waals surface area contributed by atoms with Crippen molar-refractivity contribution in [3.05, 3.63) is 45.3 Å². The van der Waals surface area contributed by atoms with Gasteiger partial charge in [0.05, 0.1) is 11.3 Å². The van der Waals surface area contributed by atoms with Gasteiger partial charge in [-0.15, -0.1) is 0 Å². The molecule has 0 saturated carbocycles. The molecule has 16 heteroatoms. The molecule has 1 aliphatic heterocycles. The molecule has 226 valence electrons. The van der Waals surface area contributed by atoms with Gasteiger partial charge < -0.3 is 33.4 Å². The van der Waals surface area contributed by atoms with E-state index in [1.807, 2.05) is 0 Å². The second kappa shape index (κ2) is 14.2. The molecule has 42 heavy (non-hydrogen) atoms. The largest absolute Gasteiger partial charge is 0.463 e. The highest BCUT2D eigenvalue weighted by Gasteiger charge is 2.52. The molecule has 1 aromatic carbocycles. The van der Waals surface area contributed by atoms with Crippen LogP contribution in [0.25, 0.3) is 11.0 Å². The van der Waals surface area contributed by atoms with Crippen LogP contribution in [0.1, 0.15) is 40.2 Å². The highest BCUT2D eigenvalue weighted by atomic mass is 35.5. The number of halogens is 1. The molecule has 0 spiro atoms. The first-order valence-electron chi connectivity index (χ1n) is 12.4. The van der Waals surface area contributed by atoms with Crippen molar-refractivity contribution >= 4 is 69.5 Å². The van der Waals surface area contributed by atoms with Gasteiger partial charge in [-0.1, -0.05) is 11.6 Å². The van der Waals surface area contributed by atoms with Gasteiger partial charge in [0.2, 0.25) is 0 Å². The van der Waals surface area contributed by atoms with Crippen molar-refractivity contribution in [2.24, 2.45) is 5.10 Å². The fraction of sp³-hybridized carbons (Fsp3) is 0.423. The molecule has 5 atom stereocenters. The summed E-state index contributed by atoms with van der Waals surface area (Å²) in [7, 11) is 0. The minimum Gasteiger partial charge on any atom is -0.463 e. The van der Waals surface area contributed by atoms with E-state index in [1.54, 1.807) is 24.3 Å². The molecule has 0 aliphatic carbocycles. The summed E-state index contributed by atoms with van der Waals surface area (Å²) in [6, 6.07) is 6.34. The maximum absolute atomic E-state index is 12.5. The molecule has 0 radical (unpaired) electrons. The van der Waals surface area contributed by atoms with Crippen molar-refractivity contribution in [3.8, 4) is 0 Å². The van der Waals surface area contributed by atoms with Gasteiger partial charge in [-0.3, -0.25) is 24.6 Å². The monoisotopic (exact) mass is 625 g/mol. The normalized spacial score (nSPS) is 22.0. The second-order valence-corrected chi connectivity index (χ2v) is 9.88. The molecule has 1 saturated heterocycles. The summed E-state index contributed by atoms with van der Waals surface area (Å²) >= 11 is 11.4. The molecular formula is C26H28ClN3O11S. The Balaban J connectivity index is 1.87. The minimum absolute atomic E-state index is 0.132. The smallest absolute Gasteiger partial charge is 0.345 e. The van der Waals surface area contributed by atoms with Crippen molar-refractivity contribution in [1.29, 1.82) is 0 Å². The van der Waals surface area contributed by atoms with Crippen LogP contribution in [0, 0.1) is 0 Å². The molecule has 2 aromatic rings. The second-order valence-electron chi connectivity index (χ2n) is 9.03. The zero-order valence-corrected chi connectivity index (χ0v) is 24.7. The van der Waals surface area contributed by atoms with Crippen LogP contribution in [0.3, 0.4) is 0 Å². The third kappa shape index (κ3) is 8.71. The molecule has 0 unspecified atom stereocenters. The number of fused-ring (bicyclic) bond motifs is 1. The number of carbonyl (C=O) groups is 4. The standard InChI is InChI=1S/C26H28ClN3O11S/c1-11(18-9-16-8-17(27)6-7-19(16)41-25(18)35)29-30-26(42)28-24-23(39-15(5)34)22(38-14(4)33)21(37-13(3)32)20(40-24)10-36-12(2)31/h6-9,20-24H,10H2,1-5H3,(H2,28,30,42)/b29-11+/t20-,21-,22+,23-,24-/m1/s1. The number of ether oxygens (including phenoxy) is 5. The third-order valence-electron chi connectivity index (χ3n) is 5.67. The van der Waals surface area contributed by atoms with Crippen LogP contribution in [-0.4, -0.2) is 72.0 Å². The lowest BCUT2D eigenvalue weighted by atomic mass is 9.97. The quantitative estimate of drug-likeness (QED) is 0.108. The van der Waals surface area contributed by atoms with Crippen molar-refractivity contribution in [1.82, 2.24) is 10.7 Å². The molecule has 1 fully saturated rings. The zero-order valence-electron chi connectivity index (χ0n) is 23.1. The Bertz CT molecular complexity index is 1480. The maximum Gasteiger partial charge on any atom is 0.345 e. The molecule has 0 amide bonds. The highest BCUT2D eigenvalue weighted by molar-refractivity contribution is 7.80. The van der Waals surface area contributed by atoms with Crippen LogP contribution in [0.4, 0.5) is 0 Å². The summed E-state index contributed by atoms with van der Waals surface area (Å²) in [4.78, 5) is 59.8. The van der Waals surface area contributed by atoms with Crippen LogP contribution >= 0.6 is 23.8 Å². The predicted octanol–water partition coefficient (Wildman–Crippen LogP) is 1.72. The van der Waals surface area contributed by atoms with E-state index in [0.717, 1.165) is 27.7 Å². The van der Waals surface area contributed by atoms with E-state index in [2.05, 4.69) is 15.8 Å². The van der Waals surface area contributed by atoms with Gasteiger partial charge in [0.25, 0.3) is 0 Å². The van der Waals surface area contributed by atoms with Gasteiger partial charge in [-0.05, 0) is 43.4 Å². The minimum atomic E-state index is -1.38. The van der Waals surface area contributed by atoms with E-state index in [9.17, 15) is 24.0 Å². The van der Waals surface area contributed by atoms with E-state index < -0.39 is 66.8 Å². The maximum atomic E-state index is 12.5. The summed E-state index contributed by atoms with van der Waals surface area (Å²) in [6.45, 7) is 5.62. The number of nitrogens with one attached hydrogen (secondary N) is 2. The lowest BCUT2D eigenvalue weighted by Crippen LogP contribution is -2.66. The number of hydrogen-bond acceptors (Lipinski definition) is 13. The Hall–Kier alpha value is -4.08. The first-order valence-corrected chi connectivity index (χ1v) is 13.2. The Labute approximate surface area is 249 Å². The Morgan fingerprint density at radius 2 is 1.55 bits per heavy atom. The summed E-state index contributed by atoms with van der Waals surface area (Å²) in [5.41, 5.74) is 2.59. The van der Waals surface area contributed by atoms with Gasteiger partial charge in [0.15, 0.2) is 29.7 Å². The van der Waals surface area contributed by atoms with Gasteiger partial charge in [-0.2, -0.15) is 5.10 Å². The summed E-state index contributed by atoms with van der Waals surface area (Å²) < 4.78 is 32.4. The molecule has 1 aliphatic rings. The van der Waals surface area contributed by atoms with E-state index >= 15 is 0 Å². The number of rotatable bonds is 8. The summed E-state index contributed by atoms with van der Waals surface area (Å²) in [6.07, 6.45) is -6.58. The van der Waals surface area contributed by atoms with Crippen molar-refractivity contribution in [2.45, 2.75) is 65.3 Å². The van der Waals surface area contributed by atoms with Crippen molar-refractivity contribution in [3.63, 3.8) is 0 Å². The van der Waals surface area contributed by atoms with Crippen molar-refractivity contribution < 1.29 is 47.3 Å². The van der Waals surface area contributed by atoms with Crippen LogP contribution < -0.4 is 16.4 Å². The van der Waals surface area contributed by atoms with Gasteiger partial charge in [0, 0.05) is 38.1 Å². The zero-order chi connectivity index (χ0) is 31.1. The molecule has 14 nitrogen and oxygen atoms in total. The Morgan fingerprint density at radius 3 is 2.17 bits per heavy atom. The first kappa shape index (κ1) is 32.4. The lowest BCUT2D eigenvalue weighted by molar-refractivity contribution is -0.254. The SMILES string of the molecule is CC(=O)OC[C@H]1O[C@@H](NC(=S)N/N=C(\C)c2cc3cc(Cl)ccc3oc2=O)[C@H](OC(C)=O)[C@@H](OC(C)=O)[C@@H]1OC(C)=O. The number of esters is 4. The Kier molecular flexibility index (Phi) is 11.0. The molecule has 0 bridgehead atoms. The number of carbonyl (C=O) groups excluding carboxylic acids is 4. The van der Waals surface area contributed by atoms with Gasteiger partial charge >= 0.3 is 29.5 Å². The number of nitrogens with zero attached hydrogens (tertiary/aromatic N) is 1. The number of benzene rings is 1. The first-order chi connectivity index (χ1) is 19.7. The lowest BCUT2D eigenvalue weighted by Gasteiger charge is -2.44. The van der Waals surface area contributed by atoms with Crippen LogP contribution in [0.2, 0.25) is 5.02 Å². The summed E-state index contributed by atoms with van der Waals surface area (Å²) in [5.74, 6) is -2.97. The summed E-state index contributed by atoms with van der Waals surface area (Å²) in [5, 5.41) is 7.73. The number of hydrogen-bond donors (Lipinski definition) is 2. The average molecular weight is 626 g/mol. The molecule has 1 aromatic heterocycles. The molecular weight excluding hydrogens is 598 g/mol. The van der Waals surface area contributed by atoms with Crippen LogP contribution in [-0.2, 0) is 42.9 Å². The van der Waals surface area contributed by atoms with E-state index in [0.29, 0.717) is 16.0 Å².